The Kier molecular flexibility index (Phi) is 7.04. The minimum Gasteiger partial charge on any atom is -0.507 e. The second-order valence-electron chi connectivity index (χ2n) is 8.11. The molecule has 1 amide bonds. The van der Waals surface area contributed by atoms with E-state index in [0.717, 1.165) is 13.1 Å². The molecule has 0 saturated carbocycles. The zero-order chi connectivity index (χ0) is 24.2. The molecule has 180 valence electrons. The predicted molar refractivity (Wildman–Crippen MR) is 124 cm³/mol. The SMILES string of the molecule is COc1cccc([C@@H]2C(=C(O)c3ccc(OC)cc3O)C(=O)C(=O)N2CCN2CCOCC2)c1. The molecule has 2 aromatic rings. The number of benzene rings is 2. The average molecular weight is 469 g/mol. The Labute approximate surface area is 197 Å². The quantitative estimate of drug-likeness (QED) is 0.362. The largest absolute Gasteiger partial charge is 0.507 e. The number of nitrogens with zero attached hydrogens (tertiary/aromatic N) is 2. The van der Waals surface area contributed by atoms with Gasteiger partial charge in [0.15, 0.2) is 0 Å². The number of Topliss-reactive ketones (excluding diaryl/α,β-unsaturated/α-hetero) is 1. The summed E-state index contributed by atoms with van der Waals surface area (Å²) >= 11 is 0. The van der Waals surface area contributed by atoms with Gasteiger partial charge in [-0.15, -0.1) is 0 Å². The summed E-state index contributed by atoms with van der Waals surface area (Å²) in [6.45, 7) is 3.58. The summed E-state index contributed by atoms with van der Waals surface area (Å²) in [4.78, 5) is 29.9. The molecule has 0 aliphatic carbocycles. The number of hydrogen-bond donors (Lipinski definition) is 2. The molecule has 2 fully saturated rings. The first-order chi connectivity index (χ1) is 16.4. The standard InChI is InChI=1S/C25H28N2O7/c1-32-17-5-3-4-16(14-17)22-21(23(29)19-7-6-18(33-2)15-20(19)28)24(30)25(31)27(22)9-8-26-10-12-34-13-11-26/h3-7,14-15,22,28-29H,8-13H2,1-2H3/t22-/m1/s1. The number of methoxy groups -OCH3 is 2. The summed E-state index contributed by atoms with van der Waals surface area (Å²) in [5.41, 5.74) is 0.579. The zero-order valence-corrected chi connectivity index (χ0v) is 19.2. The fraction of sp³-hybridized carbons (Fsp3) is 0.360. The molecule has 0 unspecified atom stereocenters. The van der Waals surface area contributed by atoms with Crippen LogP contribution >= 0.6 is 0 Å². The van der Waals surface area contributed by atoms with Gasteiger partial charge in [0, 0.05) is 32.2 Å². The highest BCUT2D eigenvalue weighted by Gasteiger charge is 2.46. The first-order valence-electron chi connectivity index (χ1n) is 11.0. The Balaban J connectivity index is 1.77. The monoisotopic (exact) mass is 468 g/mol. The van der Waals surface area contributed by atoms with Crippen molar-refractivity contribution in [3.05, 3.63) is 59.2 Å². The number of phenolic OH excluding ortho intramolecular Hbond substituents is 1. The Bertz CT molecular complexity index is 1110. The van der Waals surface area contributed by atoms with Gasteiger partial charge in [0.25, 0.3) is 11.7 Å². The molecule has 1 atom stereocenters. The number of carbonyl (C=O) groups is 2. The number of ketones is 1. The van der Waals surface area contributed by atoms with Crippen molar-refractivity contribution < 1.29 is 34.0 Å². The number of morpholine rings is 1. The molecular weight excluding hydrogens is 440 g/mol. The smallest absolute Gasteiger partial charge is 0.295 e. The van der Waals surface area contributed by atoms with Crippen LogP contribution in [0, 0.1) is 0 Å². The highest BCUT2D eigenvalue weighted by Crippen LogP contribution is 2.41. The van der Waals surface area contributed by atoms with Crippen LogP contribution in [0.25, 0.3) is 5.76 Å². The molecule has 0 aromatic heterocycles. The van der Waals surface area contributed by atoms with E-state index in [4.69, 9.17) is 14.2 Å². The Morgan fingerprint density at radius 2 is 1.74 bits per heavy atom. The van der Waals surface area contributed by atoms with Crippen molar-refractivity contribution in [3.8, 4) is 17.2 Å². The molecule has 2 aliphatic heterocycles. The average Bonchev–Trinajstić information content (AvgIpc) is 3.12. The Morgan fingerprint density at radius 1 is 1.03 bits per heavy atom. The predicted octanol–water partition coefficient (Wildman–Crippen LogP) is 2.16. The van der Waals surface area contributed by atoms with Crippen LogP contribution in [0.2, 0.25) is 0 Å². The molecule has 2 aliphatic rings. The van der Waals surface area contributed by atoms with Crippen molar-refractivity contribution in [3.63, 3.8) is 0 Å². The van der Waals surface area contributed by atoms with Crippen LogP contribution in [0.5, 0.6) is 17.2 Å². The third-order valence-electron chi connectivity index (χ3n) is 6.17. The van der Waals surface area contributed by atoms with Crippen LogP contribution in [0.1, 0.15) is 17.2 Å². The number of aliphatic hydroxyl groups is 1. The molecule has 4 rings (SSSR count). The summed E-state index contributed by atoms with van der Waals surface area (Å²) in [6.07, 6.45) is 0. The van der Waals surface area contributed by atoms with E-state index >= 15 is 0 Å². The molecule has 34 heavy (non-hydrogen) atoms. The number of rotatable bonds is 7. The number of amides is 1. The number of carbonyl (C=O) groups excluding carboxylic acids is 2. The minimum absolute atomic E-state index is 0.0416. The number of hydrogen-bond acceptors (Lipinski definition) is 8. The second-order valence-corrected chi connectivity index (χ2v) is 8.11. The molecule has 0 radical (unpaired) electrons. The van der Waals surface area contributed by atoms with Crippen LogP contribution in [0.3, 0.4) is 0 Å². The summed E-state index contributed by atoms with van der Waals surface area (Å²) in [5.74, 6) is -1.26. The molecule has 0 spiro atoms. The highest BCUT2D eigenvalue weighted by atomic mass is 16.5. The van der Waals surface area contributed by atoms with E-state index in [1.165, 1.54) is 31.3 Å². The van der Waals surface area contributed by atoms with Crippen molar-refractivity contribution in [2.24, 2.45) is 0 Å². The first-order valence-corrected chi connectivity index (χ1v) is 11.0. The topological polar surface area (TPSA) is 109 Å². The number of ether oxygens (including phenoxy) is 3. The van der Waals surface area contributed by atoms with Crippen molar-refractivity contribution in [1.29, 1.82) is 0 Å². The van der Waals surface area contributed by atoms with Gasteiger partial charge in [-0.2, -0.15) is 0 Å². The van der Waals surface area contributed by atoms with Gasteiger partial charge in [0.1, 0.15) is 23.0 Å². The highest BCUT2D eigenvalue weighted by molar-refractivity contribution is 6.46. The van der Waals surface area contributed by atoms with Gasteiger partial charge >= 0.3 is 0 Å². The molecular formula is C25H28N2O7. The van der Waals surface area contributed by atoms with E-state index in [2.05, 4.69) is 4.90 Å². The molecule has 0 bridgehead atoms. The van der Waals surface area contributed by atoms with Gasteiger partial charge in [0.05, 0.1) is 44.6 Å². The van der Waals surface area contributed by atoms with E-state index in [1.54, 1.807) is 30.3 Å². The van der Waals surface area contributed by atoms with Crippen molar-refractivity contribution in [1.82, 2.24) is 9.80 Å². The van der Waals surface area contributed by atoms with Gasteiger partial charge in [-0.1, -0.05) is 12.1 Å². The van der Waals surface area contributed by atoms with E-state index in [9.17, 15) is 19.8 Å². The van der Waals surface area contributed by atoms with Crippen LogP contribution in [-0.2, 0) is 14.3 Å². The van der Waals surface area contributed by atoms with Gasteiger partial charge in [-0.25, -0.2) is 0 Å². The van der Waals surface area contributed by atoms with E-state index in [-0.39, 0.29) is 23.4 Å². The van der Waals surface area contributed by atoms with E-state index < -0.39 is 23.5 Å². The minimum atomic E-state index is -0.836. The molecule has 2 aromatic carbocycles. The fourth-order valence-corrected chi connectivity index (χ4v) is 4.33. The fourth-order valence-electron chi connectivity index (χ4n) is 4.33. The zero-order valence-electron chi connectivity index (χ0n) is 19.2. The third-order valence-corrected chi connectivity index (χ3v) is 6.17. The summed E-state index contributed by atoms with van der Waals surface area (Å²) in [7, 11) is 2.99. The number of aromatic hydroxyl groups is 1. The van der Waals surface area contributed by atoms with Crippen molar-refractivity contribution in [2.75, 3.05) is 53.6 Å². The van der Waals surface area contributed by atoms with Crippen molar-refractivity contribution in [2.45, 2.75) is 6.04 Å². The first kappa shape index (κ1) is 23.6. The lowest BCUT2D eigenvalue weighted by atomic mass is 9.94. The lowest BCUT2D eigenvalue weighted by Gasteiger charge is -2.31. The van der Waals surface area contributed by atoms with Crippen LogP contribution in [0.15, 0.2) is 48.0 Å². The maximum atomic E-state index is 13.2. The molecule has 2 saturated heterocycles. The van der Waals surface area contributed by atoms with Crippen LogP contribution in [0.4, 0.5) is 0 Å². The summed E-state index contributed by atoms with van der Waals surface area (Å²) < 4.78 is 15.8. The van der Waals surface area contributed by atoms with Gasteiger partial charge < -0.3 is 29.3 Å². The number of phenols is 1. The normalized spacial score (nSPS) is 20.5. The molecule has 2 heterocycles. The lowest BCUT2D eigenvalue weighted by Crippen LogP contribution is -2.42. The Hall–Kier alpha value is -3.56. The van der Waals surface area contributed by atoms with E-state index in [1.807, 2.05) is 0 Å². The second kappa shape index (κ2) is 10.1. The number of likely N-dealkylation sites (tertiary alicyclic amines) is 1. The molecule has 9 heteroatoms. The maximum Gasteiger partial charge on any atom is 0.295 e. The summed E-state index contributed by atoms with van der Waals surface area (Å²) in [6, 6.07) is 10.6. The third kappa shape index (κ3) is 4.57. The summed E-state index contributed by atoms with van der Waals surface area (Å²) in [5, 5.41) is 21.6. The van der Waals surface area contributed by atoms with Crippen LogP contribution < -0.4 is 9.47 Å². The maximum absolute atomic E-state index is 13.2. The Morgan fingerprint density at radius 3 is 2.41 bits per heavy atom. The molecule has 2 N–H and O–H groups in total. The van der Waals surface area contributed by atoms with Crippen LogP contribution in [-0.4, -0.2) is 85.3 Å². The van der Waals surface area contributed by atoms with Gasteiger partial charge in [-0.3, -0.25) is 14.5 Å². The lowest BCUT2D eigenvalue weighted by molar-refractivity contribution is -0.140. The molecule has 9 nitrogen and oxygen atoms in total. The van der Waals surface area contributed by atoms with Crippen molar-refractivity contribution >= 4 is 17.4 Å². The van der Waals surface area contributed by atoms with Gasteiger partial charge in [0.2, 0.25) is 0 Å². The van der Waals surface area contributed by atoms with E-state index in [0.29, 0.717) is 36.8 Å². The number of aliphatic hydroxyl groups excluding tert-OH is 1. The van der Waals surface area contributed by atoms with Gasteiger partial charge in [-0.05, 0) is 29.8 Å².